The number of nitrogens with one attached hydrogen (secondary N) is 2. The Bertz CT molecular complexity index is 1030. The minimum absolute atomic E-state index is 0. The second kappa shape index (κ2) is 13.5. The Morgan fingerprint density at radius 2 is 1.71 bits per heavy atom. The summed E-state index contributed by atoms with van der Waals surface area (Å²) in [7, 11) is -2.09. The monoisotopic (exact) mass is 511 g/mol. The maximum absolute atomic E-state index is 12.2. The number of sulfonamides is 1. The van der Waals surface area contributed by atoms with Crippen molar-refractivity contribution in [3.63, 3.8) is 0 Å². The van der Waals surface area contributed by atoms with E-state index in [1.807, 2.05) is 18.2 Å². The first-order chi connectivity index (χ1) is 15.8. The smallest absolute Gasteiger partial charge is 0.258 e. The number of halogens is 1. The summed E-state index contributed by atoms with van der Waals surface area (Å²) in [5.74, 6) is 1.01. The molecule has 34 heavy (non-hydrogen) atoms. The van der Waals surface area contributed by atoms with Gasteiger partial charge >= 0.3 is 0 Å². The molecule has 0 spiro atoms. The lowest BCUT2D eigenvalue weighted by Gasteiger charge is -2.22. The van der Waals surface area contributed by atoms with Gasteiger partial charge in [-0.25, -0.2) is 13.6 Å². The SMILES string of the molecule is COc1cc(CNCCc2ccc(S(N)(=O)=O)cc2)ccc1OCC(=O)NC1CCCCC1.Cl. The molecule has 3 rings (SSSR count). The highest BCUT2D eigenvalue weighted by Crippen LogP contribution is 2.28. The van der Waals surface area contributed by atoms with Gasteiger partial charge in [0.15, 0.2) is 18.1 Å². The van der Waals surface area contributed by atoms with E-state index in [4.69, 9.17) is 14.6 Å². The minimum atomic E-state index is -3.67. The molecule has 0 aliphatic heterocycles. The zero-order chi connectivity index (χ0) is 23.7. The van der Waals surface area contributed by atoms with Crippen LogP contribution >= 0.6 is 12.4 Å². The van der Waals surface area contributed by atoms with Crippen LogP contribution in [0.1, 0.15) is 43.2 Å². The molecule has 0 saturated heterocycles. The van der Waals surface area contributed by atoms with Gasteiger partial charge in [-0.1, -0.05) is 37.5 Å². The van der Waals surface area contributed by atoms with Crippen molar-refractivity contribution in [3.05, 3.63) is 53.6 Å². The van der Waals surface area contributed by atoms with Crippen molar-refractivity contribution in [1.82, 2.24) is 10.6 Å². The van der Waals surface area contributed by atoms with Gasteiger partial charge in [-0.05, 0) is 61.2 Å². The van der Waals surface area contributed by atoms with Gasteiger partial charge < -0.3 is 20.1 Å². The predicted octanol–water partition coefficient (Wildman–Crippen LogP) is 2.92. The first-order valence-electron chi connectivity index (χ1n) is 11.3. The third kappa shape index (κ3) is 8.79. The van der Waals surface area contributed by atoms with Crippen LogP contribution in [0.3, 0.4) is 0 Å². The van der Waals surface area contributed by atoms with Crippen LogP contribution in [0, 0.1) is 0 Å². The zero-order valence-electron chi connectivity index (χ0n) is 19.4. The number of primary sulfonamides is 1. The second-order valence-electron chi connectivity index (χ2n) is 8.29. The predicted molar refractivity (Wildman–Crippen MR) is 134 cm³/mol. The van der Waals surface area contributed by atoms with E-state index in [9.17, 15) is 13.2 Å². The lowest BCUT2D eigenvalue weighted by atomic mass is 9.95. The van der Waals surface area contributed by atoms with Crippen molar-refractivity contribution in [2.45, 2.75) is 56.0 Å². The molecule has 0 aromatic heterocycles. The molecule has 2 aromatic rings. The van der Waals surface area contributed by atoms with Crippen LogP contribution in [0.5, 0.6) is 11.5 Å². The first-order valence-corrected chi connectivity index (χ1v) is 12.8. The maximum Gasteiger partial charge on any atom is 0.258 e. The van der Waals surface area contributed by atoms with Crippen molar-refractivity contribution < 1.29 is 22.7 Å². The first kappa shape index (κ1) is 27.9. The third-order valence-corrected chi connectivity index (χ3v) is 6.66. The van der Waals surface area contributed by atoms with Crippen LogP contribution < -0.4 is 25.2 Å². The Balaban J connectivity index is 0.00000408. The summed E-state index contributed by atoms with van der Waals surface area (Å²) in [5.41, 5.74) is 2.04. The fourth-order valence-electron chi connectivity index (χ4n) is 3.91. The number of benzene rings is 2. The van der Waals surface area contributed by atoms with Crippen LogP contribution in [0.15, 0.2) is 47.4 Å². The van der Waals surface area contributed by atoms with E-state index in [1.54, 1.807) is 19.2 Å². The van der Waals surface area contributed by atoms with Gasteiger partial charge in [0, 0.05) is 12.6 Å². The van der Waals surface area contributed by atoms with Crippen molar-refractivity contribution in [3.8, 4) is 11.5 Å². The highest BCUT2D eigenvalue weighted by molar-refractivity contribution is 7.89. The lowest BCUT2D eigenvalue weighted by molar-refractivity contribution is -0.124. The largest absolute Gasteiger partial charge is 0.493 e. The van der Waals surface area contributed by atoms with Crippen LogP contribution in [0.25, 0.3) is 0 Å². The van der Waals surface area contributed by atoms with Crippen LogP contribution in [-0.2, 0) is 27.8 Å². The van der Waals surface area contributed by atoms with E-state index in [-0.39, 0.29) is 35.9 Å². The van der Waals surface area contributed by atoms with Crippen LogP contribution in [-0.4, -0.2) is 40.6 Å². The summed E-state index contributed by atoms with van der Waals surface area (Å²) in [6, 6.07) is 12.5. The summed E-state index contributed by atoms with van der Waals surface area (Å²) in [5, 5.41) is 11.5. The van der Waals surface area contributed by atoms with E-state index in [2.05, 4.69) is 10.6 Å². The molecule has 1 aliphatic carbocycles. The minimum Gasteiger partial charge on any atom is -0.493 e. The van der Waals surface area contributed by atoms with Crippen molar-refractivity contribution >= 4 is 28.3 Å². The molecule has 1 aliphatic rings. The van der Waals surface area contributed by atoms with E-state index < -0.39 is 10.0 Å². The molecule has 2 aromatic carbocycles. The van der Waals surface area contributed by atoms with E-state index in [0.717, 1.165) is 36.9 Å². The number of nitrogens with two attached hydrogens (primary N) is 1. The Morgan fingerprint density at radius 1 is 1.03 bits per heavy atom. The molecule has 1 saturated carbocycles. The third-order valence-electron chi connectivity index (χ3n) is 5.73. The molecular formula is C24H34ClN3O5S. The number of rotatable bonds is 11. The molecule has 4 N–H and O–H groups in total. The van der Waals surface area contributed by atoms with E-state index >= 15 is 0 Å². The fourth-order valence-corrected chi connectivity index (χ4v) is 4.43. The molecule has 0 atom stereocenters. The lowest BCUT2D eigenvalue weighted by Crippen LogP contribution is -2.39. The van der Waals surface area contributed by atoms with E-state index in [1.165, 1.54) is 31.4 Å². The number of amides is 1. The van der Waals surface area contributed by atoms with Crippen molar-refractivity contribution in [2.75, 3.05) is 20.3 Å². The normalized spacial score (nSPS) is 14.2. The van der Waals surface area contributed by atoms with E-state index in [0.29, 0.717) is 18.0 Å². The summed E-state index contributed by atoms with van der Waals surface area (Å²) >= 11 is 0. The number of methoxy groups -OCH3 is 1. The summed E-state index contributed by atoms with van der Waals surface area (Å²) in [6.45, 7) is 1.32. The fraction of sp³-hybridized carbons (Fsp3) is 0.458. The van der Waals surface area contributed by atoms with Gasteiger partial charge in [0.1, 0.15) is 0 Å². The van der Waals surface area contributed by atoms with Crippen LogP contribution in [0.4, 0.5) is 0 Å². The van der Waals surface area contributed by atoms with Gasteiger partial charge in [-0.15, -0.1) is 12.4 Å². The Labute approximate surface area is 208 Å². The molecule has 1 fully saturated rings. The standard InChI is InChI=1S/C24H33N3O5S.ClH/c1-31-23-15-19(16-26-14-13-18-7-10-21(11-8-18)33(25,29)30)9-12-22(23)32-17-24(28)27-20-5-3-2-4-6-20;/h7-12,15,20,26H,2-6,13-14,16-17H2,1H3,(H,27,28)(H2,25,29,30);1H. The van der Waals surface area contributed by atoms with Gasteiger partial charge in [-0.3, -0.25) is 4.79 Å². The highest BCUT2D eigenvalue weighted by atomic mass is 35.5. The maximum atomic E-state index is 12.2. The van der Waals surface area contributed by atoms with Gasteiger partial charge in [-0.2, -0.15) is 0 Å². The quantitative estimate of drug-likeness (QED) is 0.399. The van der Waals surface area contributed by atoms with Gasteiger partial charge in [0.05, 0.1) is 12.0 Å². The Hall–Kier alpha value is -2.33. The number of ether oxygens (including phenoxy) is 2. The molecule has 10 heteroatoms. The molecule has 1 amide bonds. The number of hydrogen-bond donors (Lipinski definition) is 3. The van der Waals surface area contributed by atoms with Crippen LogP contribution in [0.2, 0.25) is 0 Å². The van der Waals surface area contributed by atoms with Gasteiger partial charge in [0.2, 0.25) is 10.0 Å². The zero-order valence-corrected chi connectivity index (χ0v) is 21.1. The van der Waals surface area contributed by atoms with Crippen molar-refractivity contribution in [1.29, 1.82) is 0 Å². The summed E-state index contributed by atoms with van der Waals surface area (Å²) < 4.78 is 33.8. The molecule has 8 nitrogen and oxygen atoms in total. The second-order valence-corrected chi connectivity index (χ2v) is 9.85. The summed E-state index contributed by atoms with van der Waals surface area (Å²) in [6.07, 6.45) is 6.41. The average molecular weight is 512 g/mol. The van der Waals surface area contributed by atoms with Crippen molar-refractivity contribution in [2.24, 2.45) is 5.14 Å². The topological polar surface area (TPSA) is 120 Å². The molecular weight excluding hydrogens is 478 g/mol. The molecule has 188 valence electrons. The highest BCUT2D eigenvalue weighted by Gasteiger charge is 2.16. The summed E-state index contributed by atoms with van der Waals surface area (Å²) in [4.78, 5) is 12.3. The van der Waals surface area contributed by atoms with Gasteiger partial charge in [0.25, 0.3) is 5.91 Å². The molecule has 0 bridgehead atoms. The number of carbonyl (C=O) groups excluding carboxylic acids is 1. The molecule has 0 unspecified atom stereocenters. The average Bonchev–Trinajstić information content (AvgIpc) is 2.81. The Morgan fingerprint density at radius 3 is 2.35 bits per heavy atom. The Kier molecular flexibility index (Phi) is 11.1. The number of carbonyl (C=O) groups is 1. The molecule has 0 heterocycles. The number of hydrogen-bond acceptors (Lipinski definition) is 6. The molecule has 0 radical (unpaired) electrons.